The summed E-state index contributed by atoms with van der Waals surface area (Å²) in [6, 6.07) is 1.18. The van der Waals surface area contributed by atoms with Gasteiger partial charge in [-0.1, -0.05) is 6.42 Å². The van der Waals surface area contributed by atoms with Gasteiger partial charge in [0.25, 0.3) is 0 Å². The highest BCUT2D eigenvalue weighted by atomic mass is 15.2. The van der Waals surface area contributed by atoms with E-state index in [2.05, 4.69) is 33.0 Å². The zero-order valence-corrected chi connectivity index (χ0v) is 11.3. The zero-order valence-electron chi connectivity index (χ0n) is 11.3. The molecule has 2 saturated heterocycles. The highest BCUT2D eigenvalue weighted by Crippen LogP contribution is 2.29. The molecule has 4 nitrogen and oxygen atoms in total. The van der Waals surface area contributed by atoms with Crippen LogP contribution in [0.3, 0.4) is 0 Å². The van der Waals surface area contributed by atoms with Crippen molar-refractivity contribution in [1.82, 2.24) is 19.8 Å². The molecule has 2 aliphatic heterocycles. The highest BCUT2D eigenvalue weighted by Gasteiger charge is 2.24. The maximum absolute atomic E-state index is 4.40. The molecule has 1 aromatic heterocycles. The molecule has 0 bridgehead atoms. The van der Waals surface area contributed by atoms with Gasteiger partial charge in [0, 0.05) is 18.3 Å². The van der Waals surface area contributed by atoms with Crippen molar-refractivity contribution in [2.75, 3.05) is 26.7 Å². The minimum absolute atomic E-state index is 0.529. The fraction of sp³-hybridized carbons (Fsp3) is 0.786. The van der Waals surface area contributed by atoms with Gasteiger partial charge in [0.05, 0.1) is 12.0 Å². The van der Waals surface area contributed by atoms with Crippen molar-refractivity contribution in [3.8, 4) is 0 Å². The lowest BCUT2D eigenvalue weighted by Crippen LogP contribution is -2.34. The fourth-order valence-corrected chi connectivity index (χ4v) is 3.27. The Balaban J connectivity index is 1.74. The smallest absolute Gasteiger partial charge is 0.0951 e. The summed E-state index contributed by atoms with van der Waals surface area (Å²) >= 11 is 0. The normalized spacial score (nSPS) is 27.5. The highest BCUT2D eigenvalue weighted by molar-refractivity contribution is 5.08. The van der Waals surface area contributed by atoms with Crippen LogP contribution in [0.5, 0.6) is 0 Å². The summed E-state index contributed by atoms with van der Waals surface area (Å²) in [7, 11) is 2.22. The van der Waals surface area contributed by atoms with Gasteiger partial charge < -0.3 is 14.8 Å². The molecule has 2 aliphatic rings. The van der Waals surface area contributed by atoms with E-state index in [0.29, 0.717) is 12.1 Å². The molecule has 0 saturated carbocycles. The number of likely N-dealkylation sites (tertiary alicyclic amines) is 1. The molecule has 0 aromatic carbocycles. The van der Waals surface area contributed by atoms with E-state index in [-0.39, 0.29) is 0 Å². The van der Waals surface area contributed by atoms with Crippen molar-refractivity contribution in [1.29, 1.82) is 0 Å². The Morgan fingerprint density at radius 3 is 2.78 bits per heavy atom. The summed E-state index contributed by atoms with van der Waals surface area (Å²) in [5, 5.41) is 3.64. The van der Waals surface area contributed by atoms with Gasteiger partial charge in [-0.25, -0.2) is 4.98 Å². The van der Waals surface area contributed by atoms with Crippen LogP contribution < -0.4 is 5.32 Å². The van der Waals surface area contributed by atoms with Gasteiger partial charge in [-0.05, 0) is 52.4 Å². The van der Waals surface area contributed by atoms with Gasteiger partial charge in [-0.3, -0.25) is 0 Å². The molecule has 0 spiro atoms. The molecule has 4 heteroatoms. The summed E-state index contributed by atoms with van der Waals surface area (Å²) in [6.45, 7) is 3.57. The van der Waals surface area contributed by atoms with Crippen LogP contribution in [0.4, 0.5) is 0 Å². The summed E-state index contributed by atoms with van der Waals surface area (Å²) in [5.41, 5.74) is 1.41. The van der Waals surface area contributed by atoms with Crippen LogP contribution in [0.25, 0.3) is 0 Å². The first-order valence-electron chi connectivity index (χ1n) is 7.28. The minimum Gasteiger partial charge on any atom is -0.330 e. The maximum Gasteiger partial charge on any atom is 0.0951 e. The molecule has 0 amide bonds. The summed E-state index contributed by atoms with van der Waals surface area (Å²) < 4.78 is 2.44. The molecular weight excluding hydrogens is 224 g/mol. The average Bonchev–Trinajstić information content (AvgIpc) is 2.90. The largest absolute Gasteiger partial charge is 0.330 e. The van der Waals surface area contributed by atoms with Gasteiger partial charge in [-0.15, -0.1) is 0 Å². The Morgan fingerprint density at radius 1 is 1.22 bits per heavy atom. The molecule has 1 aromatic rings. The van der Waals surface area contributed by atoms with Crippen molar-refractivity contribution < 1.29 is 0 Å². The number of hydrogen-bond donors (Lipinski definition) is 1. The van der Waals surface area contributed by atoms with Crippen LogP contribution in [0, 0.1) is 0 Å². The molecule has 2 fully saturated rings. The molecule has 3 heterocycles. The van der Waals surface area contributed by atoms with E-state index in [1.807, 2.05) is 6.33 Å². The Morgan fingerprint density at radius 2 is 2.06 bits per heavy atom. The molecule has 1 atom stereocenters. The molecular formula is C14H24N4. The summed E-state index contributed by atoms with van der Waals surface area (Å²) in [5.74, 6) is 0. The number of rotatable bonds is 2. The van der Waals surface area contributed by atoms with E-state index in [1.165, 1.54) is 50.9 Å². The first-order valence-corrected chi connectivity index (χ1v) is 7.28. The zero-order chi connectivity index (χ0) is 12.4. The van der Waals surface area contributed by atoms with Crippen LogP contribution >= 0.6 is 0 Å². The topological polar surface area (TPSA) is 33.1 Å². The Hall–Kier alpha value is -0.870. The number of piperidine rings is 2. The lowest BCUT2D eigenvalue weighted by Gasteiger charge is -2.33. The van der Waals surface area contributed by atoms with Crippen molar-refractivity contribution in [2.24, 2.45) is 0 Å². The summed E-state index contributed by atoms with van der Waals surface area (Å²) in [6.07, 6.45) is 10.6. The van der Waals surface area contributed by atoms with Crippen molar-refractivity contribution in [3.05, 3.63) is 18.2 Å². The predicted molar refractivity (Wildman–Crippen MR) is 72.6 cm³/mol. The number of nitrogens with zero attached hydrogens (tertiary/aromatic N) is 3. The minimum atomic E-state index is 0.529. The SMILES string of the molecule is CN1CCC(n2cncc2C2CCCCN2)CC1. The molecule has 3 rings (SSSR count). The predicted octanol–water partition coefficient (Wildman–Crippen LogP) is 1.96. The summed E-state index contributed by atoms with van der Waals surface area (Å²) in [4.78, 5) is 6.82. The van der Waals surface area contributed by atoms with Crippen LogP contribution in [-0.2, 0) is 0 Å². The number of hydrogen-bond acceptors (Lipinski definition) is 3. The average molecular weight is 248 g/mol. The Labute approximate surface area is 109 Å². The van der Waals surface area contributed by atoms with Gasteiger partial charge in [0.15, 0.2) is 0 Å². The molecule has 0 aliphatic carbocycles. The van der Waals surface area contributed by atoms with E-state index in [1.54, 1.807) is 0 Å². The standard InChI is InChI=1S/C14H24N4/c1-17-8-5-12(6-9-17)18-11-15-10-14(18)13-4-2-3-7-16-13/h10-13,16H,2-9H2,1H3. The first-order chi connectivity index (χ1) is 8.84. The van der Waals surface area contributed by atoms with Crippen LogP contribution in [0.1, 0.15) is 49.9 Å². The van der Waals surface area contributed by atoms with Gasteiger partial charge in [0.1, 0.15) is 0 Å². The second kappa shape index (κ2) is 5.41. The third kappa shape index (κ3) is 2.45. The van der Waals surface area contributed by atoms with Gasteiger partial charge >= 0.3 is 0 Å². The fourth-order valence-electron chi connectivity index (χ4n) is 3.27. The third-order valence-electron chi connectivity index (χ3n) is 4.44. The van der Waals surface area contributed by atoms with Crippen molar-refractivity contribution >= 4 is 0 Å². The first kappa shape index (κ1) is 12.2. The van der Waals surface area contributed by atoms with Gasteiger partial charge in [0.2, 0.25) is 0 Å². The van der Waals surface area contributed by atoms with E-state index in [0.717, 1.165) is 6.54 Å². The van der Waals surface area contributed by atoms with Crippen LogP contribution in [0.2, 0.25) is 0 Å². The molecule has 0 radical (unpaired) electrons. The lowest BCUT2D eigenvalue weighted by atomic mass is 10.00. The quantitative estimate of drug-likeness (QED) is 0.868. The monoisotopic (exact) mass is 248 g/mol. The van der Waals surface area contributed by atoms with Crippen molar-refractivity contribution in [3.63, 3.8) is 0 Å². The Kier molecular flexibility index (Phi) is 3.66. The van der Waals surface area contributed by atoms with E-state index < -0.39 is 0 Å². The number of nitrogens with one attached hydrogen (secondary N) is 1. The molecule has 1 N–H and O–H groups in total. The Bertz CT molecular complexity index is 373. The maximum atomic E-state index is 4.40. The van der Waals surface area contributed by atoms with Gasteiger partial charge in [-0.2, -0.15) is 0 Å². The third-order valence-corrected chi connectivity index (χ3v) is 4.44. The second-order valence-corrected chi connectivity index (χ2v) is 5.76. The van der Waals surface area contributed by atoms with Crippen LogP contribution in [0.15, 0.2) is 12.5 Å². The van der Waals surface area contributed by atoms with E-state index >= 15 is 0 Å². The molecule has 100 valence electrons. The lowest BCUT2D eigenvalue weighted by molar-refractivity contribution is 0.216. The van der Waals surface area contributed by atoms with Crippen LogP contribution in [-0.4, -0.2) is 41.1 Å². The van der Waals surface area contributed by atoms with E-state index in [4.69, 9.17) is 0 Å². The van der Waals surface area contributed by atoms with E-state index in [9.17, 15) is 0 Å². The number of aromatic nitrogens is 2. The van der Waals surface area contributed by atoms with Crippen molar-refractivity contribution in [2.45, 2.75) is 44.2 Å². The second-order valence-electron chi connectivity index (χ2n) is 5.76. The molecule has 18 heavy (non-hydrogen) atoms. The molecule has 1 unspecified atom stereocenters. The number of imidazole rings is 1.